The van der Waals surface area contributed by atoms with Gasteiger partial charge in [0.2, 0.25) is 5.91 Å². The summed E-state index contributed by atoms with van der Waals surface area (Å²) in [5.74, 6) is -0.289. The molecule has 2 aliphatic heterocycles. The minimum absolute atomic E-state index is 0.0532. The van der Waals surface area contributed by atoms with E-state index in [4.69, 9.17) is 0 Å². The van der Waals surface area contributed by atoms with Crippen LogP contribution in [-0.4, -0.2) is 65.4 Å². The molecular formula is C14H24N4O3. The number of hydrogen-bond acceptors (Lipinski definition) is 4. The Labute approximate surface area is 125 Å². The van der Waals surface area contributed by atoms with Gasteiger partial charge in [0, 0.05) is 38.1 Å². The minimum Gasteiger partial charge on any atom is -0.340 e. The Hall–Kier alpha value is -1.63. The highest BCUT2D eigenvalue weighted by molar-refractivity contribution is 6.04. The van der Waals surface area contributed by atoms with Crippen molar-refractivity contribution in [3.05, 3.63) is 0 Å². The van der Waals surface area contributed by atoms with Crippen LogP contribution in [0.1, 0.15) is 33.6 Å². The van der Waals surface area contributed by atoms with Gasteiger partial charge in [-0.2, -0.15) is 0 Å². The molecule has 7 heteroatoms. The Morgan fingerprint density at radius 3 is 2.29 bits per heavy atom. The Bertz CT molecular complexity index is 436. The first-order valence-electron chi connectivity index (χ1n) is 7.41. The average molecular weight is 296 g/mol. The van der Waals surface area contributed by atoms with Crippen molar-refractivity contribution < 1.29 is 14.4 Å². The first-order valence-corrected chi connectivity index (χ1v) is 7.41. The molecule has 0 radical (unpaired) electrons. The van der Waals surface area contributed by atoms with Gasteiger partial charge >= 0.3 is 6.03 Å². The van der Waals surface area contributed by atoms with Crippen molar-refractivity contribution in [3.8, 4) is 0 Å². The van der Waals surface area contributed by atoms with Crippen molar-refractivity contribution in [1.29, 1.82) is 0 Å². The van der Waals surface area contributed by atoms with Gasteiger partial charge in [0.15, 0.2) is 0 Å². The van der Waals surface area contributed by atoms with Gasteiger partial charge in [-0.3, -0.25) is 19.8 Å². The van der Waals surface area contributed by atoms with Gasteiger partial charge in [0.05, 0.1) is 0 Å². The van der Waals surface area contributed by atoms with E-state index < -0.39 is 12.1 Å². The highest BCUT2D eigenvalue weighted by Crippen LogP contribution is 2.16. The standard InChI is InChI=1S/C14H24N4O3/c1-14(2,3)18-8-6-17(7-9-18)11(19)5-4-10-12(20)16-13(21)15-10/h10H,4-9H2,1-3H3,(H2,15,16,20,21). The number of rotatable bonds is 3. The molecule has 2 heterocycles. The minimum atomic E-state index is -0.572. The fourth-order valence-corrected chi connectivity index (χ4v) is 2.71. The number of urea groups is 1. The molecule has 21 heavy (non-hydrogen) atoms. The first kappa shape index (κ1) is 15.8. The van der Waals surface area contributed by atoms with Crippen LogP contribution in [0.15, 0.2) is 0 Å². The second-order valence-corrected chi connectivity index (χ2v) is 6.59. The predicted octanol–water partition coefficient (Wildman–Crippen LogP) is -0.0827. The molecule has 2 aliphatic rings. The number of carbonyl (C=O) groups excluding carboxylic acids is 3. The zero-order chi connectivity index (χ0) is 15.6. The summed E-state index contributed by atoms with van der Waals surface area (Å²) >= 11 is 0. The molecule has 7 nitrogen and oxygen atoms in total. The maximum absolute atomic E-state index is 12.2. The number of hydrogen-bond donors (Lipinski definition) is 2. The molecule has 1 unspecified atom stereocenters. The molecule has 0 aromatic carbocycles. The van der Waals surface area contributed by atoms with Crippen molar-refractivity contribution in [2.45, 2.75) is 45.2 Å². The molecule has 0 aromatic rings. The number of amides is 4. The van der Waals surface area contributed by atoms with Crippen LogP contribution in [0, 0.1) is 0 Å². The van der Waals surface area contributed by atoms with Gasteiger partial charge in [-0.1, -0.05) is 0 Å². The molecule has 2 fully saturated rings. The molecule has 0 bridgehead atoms. The molecule has 0 aliphatic carbocycles. The first-order chi connectivity index (χ1) is 9.77. The number of piperazine rings is 1. The summed E-state index contributed by atoms with van der Waals surface area (Å²) in [6.45, 7) is 9.70. The molecular weight excluding hydrogens is 272 g/mol. The predicted molar refractivity (Wildman–Crippen MR) is 77.6 cm³/mol. The van der Waals surface area contributed by atoms with E-state index in [0.29, 0.717) is 6.42 Å². The van der Waals surface area contributed by atoms with E-state index in [1.54, 1.807) is 0 Å². The normalized spacial score (nSPS) is 24.0. The van der Waals surface area contributed by atoms with E-state index in [1.807, 2.05) is 4.90 Å². The zero-order valence-electron chi connectivity index (χ0n) is 12.9. The molecule has 0 spiro atoms. The van der Waals surface area contributed by atoms with Crippen LogP contribution in [0.5, 0.6) is 0 Å². The van der Waals surface area contributed by atoms with Gasteiger partial charge in [-0.05, 0) is 27.2 Å². The van der Waals surface area contributed by atoms with Gasteiger partial charge in [0.1, 0.15) is 6.04 Å². The monoisotopic (exact) mass is 296 g/mol. The van der Waals surface area contributed by atoms with Gasteiger partial charge < -0.3 is 10.2 Å². The van der Waals surface area contributed by atoms with Crippen molar-refractivity contribution in [1.82, 2.24) is 20.4 Å². The van der Waals surface area contributed by atoms with E-state index >= 15 is 0 Å². The molecule has 0 aromatic heterocycles. The van der Waals surface area contributed by atoms with E-state index in [-0.39, 0.29) is 23.8 Å². The smallest absolute Gasteiger partial charge is 0.322 e. The Kier molecular flexibility index (Phi) is 4.51. The maximum Gasteiger partial charge on any atom is 0.322 e. The highest BCUT2D eigenvalue weighted by Gasteiger charge is 2.31. The lowest BCUT2D eigenvalue weighted by Gasteiger charge is -2.42. The quantitative estimate of drug-likeness (QED) is 0.714. The Morgan fingerprint density at radius 1 is 1.19 bits per heavy atom. The summed E-state index contributed by atoms with van der Waals surface area (Å²) in [6, 6.07) is -1.05. The fraction of sp³-hybridized carbons (Fsp3) is 0.786. The van der Waals surface area contributed by atoms with Crippen LogP contribution in [-0.2, 0) is 9.59 Å². The largest absolute Gasteiger partial charge is 0.340 e. The maximum atomic E-state index is 12.2. The number of nitrogens with zero attached hydrogens (tertiary/aromatic N) is 2. The lowest BCUT2D eigenvalue weighted by molar-refractivity contribution is -0.134. The highest BCUT2D eigenvalue weighted by atomic mass is 16.2. The third-order valence-electron chi connectivity index (χ3n) is 4.09. The molecule has 118 valence electrons. The molecule has 1 atom stereocenters. The molecule has 4 amide bonds. The third-order valence-corrected chi connectivity index (χ3v) is 4.09. The summed E-state index contributed by atoms with van der Waals surface area (Å²) in [5, 5.41) is 4.68. The summed E-state index contributed by atoms with van der Waals surface area (Å²) < 4.78 is 0. The van der Waals surface area contributed by atoms with Crippen molar-refractivity contribution in [3.63, 3.8) is 0 Å². The summed E-state index contributed by atoms with van der Waals surface area (Å²) in [7, 11) is 0. The van der Waals surface area contributed by atoms with Gasteiger partial charge in [-0.15, -0.1) is 0 Å². The molecule has 2 rings (SSSR count). The zero-order valence-corrected chi connectivity index (χ0v) is 12.9. The second kappa shape index (κ2) is 6.01. The van der Waals surface area contributed by atoms with Crippen LogP contribution < -0.4 is 10.6 Å². The molecule has 2 N–H and O–H groups in total. The second-order valence-electron chi connectivity index (χ2n) is 6.59. The lowest BCUT2D eigenvalue weighted by Crippen LogP contribution is -2.54. The summed E-state index contributed by atoms with van der Waals surface area (Å²) in [6.07, 6.45) is 0.643. The van der Waals surface area contributed by atoms with E-state index in [9.17, 15) is 14.4 Å². The Morgan fingerprint density at radius 2 is 1.81 bits per heavy atom. The van der Waals surface area contributed by atoms with Crippen molar-refractivity contribution in [2.24, 2.45) is 0 Å². The number of carbonyl (C=O) groups is 3. The molecule has 0 saturated carbocycles. The van der Waals surface area contributed by atoms with Crippen LogP contribution in [0.2, 0.25) is 0 Å². The van der Waals surface area contributed by atoms with Crippen molar-refractivity contribution >= 4 is 17.8 Å². The third kappa shape index (κ3) is 3.93. The van der Waals surface area contributed by atoms with E-state index in [1.165, 1.54) is 0 Å². The van der Waals surface area contributed by atoms with Crippen LogP contribution in [0.25, 0.3) is 0 Å². The fourth-order valence-electron chi connectivity index (χ4n) is 2.71. The van der Waals surface area contributed by atoms with E-state index in [0.717, 1.165) is 26.2 Å². The molecule has 2 saturated heterocycles. The Balaban J connectivity index is 1.75. The average Bonchev–Trinajstić information content (AvgIpc) is 2.73. The van der Waals surface area contributed by atoms with Crippen LogP contribution in [0.4, 0.5) is 4.79 Å². The topological polar surface area (TPSA) is 81.8 Å². The van der Waals surface area contributed by atoms with Gasteiger partial charge in [0.25, 0.3) is 5.91 Å². The van der Waals surface area contributed by atoms with Crippen LogP contribution >= 0.6 is 0 Å². The number of imide groups is 1. The van der Waals surface area contributed by atoms with Crippen molar-refractivity contribution in [2.75, 3.05) is 26.2 Å². The van der Waals surface area contributed by atoms with E-state index in [2.05, 4.69) is 36.3 Å². The van der Waals surface area contributed by atoms with Gasteiger partial charge in [-0.25, -0.2) is 4.79 Å². The number of nitrogens with one attached hydrogen (secondary N) is 2. The summed E-state index contributed by atoms with van der Waals surface area (Å²) in [5.41, 5.74) is 0.126. The SMILES string of the molecule is CC(C)(C)N1CCN(C(=O)CCC2NC(=O)NC2=O)CC1. The van der Waals surface area contributed by atoms with Crippen LogP contribution in [0.3, 0.4) is 0 Å². The summed E-state index contributed by atoms with van der Waals surface area (Å²) in [4.78, 5) is 38.8. The lowest BCUT2D eigenvalue weighted by atomic mass is 10.0.